The van der Waals surface area contributed by atoms with E-state index in [-0.39, 0.29) is 0 Å². The van der Waals surface area contributed by atoms with Gasteiger partial charge in [0.2, 0.25) is 0 Å². The first kappa shape index (κ1) is 10.4. The lowest BCUT2D eigenvalue weighted by molar-refractivity contribution is 0.128. The summed E-state index contributed by atoms with van der Waals surface area (Å²) in [4.78, 5) is 2.51. The van der Waals surface area contributed by atoms with E-state index in [2.05, 4.69) is 24.2 Å². The molecule has 2 heteroatoms. The molecule has 2 rings (SSSR count). The molecule has 2 unspecified atom stereocenters. The van der Waals surface area contributed by atoms with Crippen molar-refractivity contribution in [2.45, 2.75) is 51.1 Å². The van der Waals surface area contributed by atoms with Crippen LogP contribution >= 0.6 is 0 Å². The number of rotatable bonds is 1. The smallest absolute Gasteiger partial charge is 0.0223 e. The van der Waals surface area contributed by atoms with Gasteiger partial charge in [0, 0.05) is 25.2 Å². The second-order valence-corrected chi connectivity index (χ2v) is 5.20. The molecule has 0 bridgehead atoms. The maximum Gasteiger partial charge on any atom is 0.0223 e. The van der Waals surface area contributed by atoms with E-state index in [1.54, 1.807) is 0 Å². The van der Waals surface area contributed by atoms with E-state index in [0.717, 1.165) is 18.0 Å². The first-order chi connectivity index (χ1) is 6.77. The fourth-order valence-corrected chi connectivity index (χ4v) is 2.88. The molecule has 0 amide bonds. The van der Waals surface area contributed by atoms with Crippen molar-refractivity contribution in [3.8, 4) is 0 Å². The van der Waals surface area contributed by atoms with E-state index in [1.807, 2.05) is 0 Å². The second kappa shape index (κ2) is 4.63. The van der Waals surface area contributed by atoms with Crippen LogP contribution in [0.25, 0.3) is 0 Å². The van der Waals surface area contributed by atoms with Gasteiger partial charge in [0.1, 0.15) is 0 Å². The summed E-state index contributed by atoms with van der Waals surface area (Å²) in [5.41, 5.74) is 0. The van der Waals surface area contributed by atoms with E-state index in [1.165, 1.54) is 45.2 Å². The van der Waals surface area contributed by atoms with Gasteiger partial charge in [0.25, 0.3) is 0 Å². The van der Waals surface area contributed by atoms with Crippen molar-refractivity contribution >= 4 is 0 Å². The summed E-state index contributed by atoms with van der Waals surface area (Å²) in [5.74, 6) is 0.957. The number of nitrogens with one attached hydrogen (secondary N) is 1. The molecule has 0 aromatic carbocycles. The van der Waals surface area contributed by atoms with Crippen LogP contribution in [0.2, 0.25) is 0 Å². The molecule has 0 aromatic heterocycles. The average molecular weight is 196 g/mol. The second-order valence-electron chi connectivity index (χ2n) is 5.20. The first-order valence-corrected chi connectivity index (χ1v) is 6.21. The molecular formula is C12H24N2. The van der Waals surface area contributed by atoms with E-state index in [0.29, 0.717) is 0 Å². The monoisotopic (exact) mass is 196 g/mol. The Hall–Kier alpha value is -0.0800. The minimum atomic E-state index is 0.717. The summed E-state index contributed by atoms with van der Waals surface area (Å²) in [5, 5.41) is 3.73. The van der Waals surface area contributed by atoms with Gasteiger partial charge in [-0.15, -0.1) is 0 Å². The van der Waals surface area contributed by atoms with Crippen LogP contribution in [0.15, 0.2) is 0 Å². The third-order valence-corrected chi connectivity index (χ3v) is 4.13. The van der Waals surface area contributed by atoms with Crippen LogP contribution in [0.4, 0.5) is 0 Å². The Morgan fingerprint density at radius 1 is 1.14 bits per heavy atom. The van der Waals surface area contributed by atoms with Crippen molar-refractivity contribution in [1.29, 1.82) is 0 Å². The molecule has 0 spiro atoms. The first-order valence-electron chi connectivity index (χ1n) is 6.21. The molecule has 1 aliphatic heterocycles. The SMILES string of the molecule is CC1CNC(C2CCCCC2)CN1C. The lowest BCUT2D eigenvalue weighted by atomic mass is 9.83. The highest BCUT2D eigenvalue weighted by atomic mass is 15.2. The van der Waals surface area contributed by atoms with Crippen LogP contribution in [-0.2, 0) is 0 Å². The van der Waals surface area contributed by atoms with Gasteiger partial charge in [0.15, 0.2) is 0 Å². The van der Waals surface area contributed by atoms with Crippen molar-refractivity contribution in [2.75, 3.05) is 20.1 Å². The molecule has 14 heavy (non-hydrogen) atoms. The molecule has 1 saturated carbocycles. The molecule has 2 fully saturated rings. The van der Waals surface area contributed by atoms with Crippen molar-refractivity contribution in [1.82, 2.24) is 10.2 Å². The predicted octanol–water partition coefficient (Wildman–Crippen LogP) is 1.86. The molecule has 1 N–H and O–H groups in total. The minimum absolute atomic E-state index is 0.717. The lowest BCUT2D eigenvalue weighted by Gasteiger charge is -2.41. The largest absolute Gasteiger partial charge is 0.311 e. The normalized spacial score (nSPS) is 37.3. The number of hydrogen-bond donors (Lipinski definition) is 1. The van der Waals surface area contributed by atoms with Gasteiger partial charge >= 0.3 is 0 Å². The predicted molar refractivity (Wildman–Crippen MR) is 60.5 cm³/mol. The summed E-state index contributed by atoms with van der Waals surface area (Å²) in [6.45, 7) is 4.74. The van der Waals surface area contributed by atoms with Crippen LogP contribution in [0.1, 0.15) is 39.0 Å². The van der Waals surface area contributed by atoms with E-state index >= 15 is 0 Å². The highest BCUT2D eigenvalue weighted by Gasteiger charge is 2.28. The van der Waals surface area contributed by atoms with Crippen molar-refractivity contribution < 1.29 is 0 Å². The summed E-state index contributed by atoms with van der Waals surface area (Å²) >= 11 is 0. The van der Waals surface area contributed by atoms with Crippen LogP contribution in [0.3, 0.4) is 0 Å². The van der Waals surface area contributed by atoms with E-state index < -0.39 is 0 Å². The van der Waals surface area contributed by atoms with Gasteiger partial charge in [-0.05, 0) is 32.7 Å². The molecule has 0 radical (unpaired) electrons. The van der Waals surface area contributed by atoms with Crippen molar-refractivity contribution in [2.24, 2.45) is 5.92 Å². The summed E-state index contributed by atoms with van der Waals surface area (Å²) in [6.07, 6.45) is 7.31. The zero-order valence-corrected chi connectivity index (χ0v) is 9.63. The molecule has 1 saturated heterocycles. The summed E-state index contributed by atoms with van der Waals surface area (Å²) < 4.78 is 0. The van der Waals surface area contributed by atoms with Crippen LogP contribution in [0.5, 0.6) is 0 Å². The van der Waals surface area contributed by atoms with Crippen LogP contribution in [0, 0.1) is 5.92 Å². The fraction of sp³-hybridized carbons (Fsp3) is 1.00. The third-order valence-electron chi connectivity index (χ3n) is 4.13. The van der Waals surface area contributed by atoms with Gasteiger partial charge in [0.05, 0.1) is 0 Å². The number of nitrogens with zero attached hydrogens (tertiary/aromatic N) is 1. The fourth-order valence-electron chi connectivity index (χ4n) is 2.88. The van der Waals surface area contributed by atoms with Crippen molar-refractivity contribution in [3.05, 3.63) is 0 Å². The molecule has 2 nitrogen and oxygen atoms in total. The number of piperazine rings is 1. The Morgan fingerprint density at radius 3 is 2.50 bits per heavy atom. The molecular weight excluding hydrogens is 172 g/mol. The third kappa shape index (κ3) is 2.29. The molecule has 1 heterocycles. The standard InChI is InChI=1S/C12H24N2/c1-10-8-13-12(9-14(10)2)11-6-4-3-5-7-11/h10-13H,3-9H2,1-2H3. The number of likely N-dealkylation sites (N-methyl/N-ethyl adjacent to an activating group) is 1. The van der Waals surface area contributed by atoms with Gasteiger partial charge in [-0.3, -0.25) is 0 Å². The van der Waals surface area contributed by atoms with Gasteiger partial charge in [-0.2, -0.15) is 0 Å². The quantitative estimate of drug-likeness (QED) is 0.688. The van der Waals surface area contributed by atoms with Crippen molar-refractivity contribution in [3.63, 3.8) is 0 Å². The molecule has 2 aliphatic rings. The summed E-state index contributed by atoms with van der Waals surface area (Å²) in [6, 6.07) is 1.49. The van der Waals surface area contributed by atoms with Crippen LogP contribution in [-0.4, -0.2) is 37.1 Å². The maximum atomic E-state index is 3.73. The highest BCUT2D eigenvalue weighted by molar-refractivity contribution is 4.87. The van der Waals surface area contributed by atoms with Gasteiger partial charge in [-0.1, -0.05) is 19.3 Å². The lowest BCUT2D eigenvalue weighted by Crippen LogP contribution is -2.56. The maximum absolute atomic E-state index is 3.73. The topological polar surface area (TPSA) is 15.3 Å². The van der Waals surface area contributed by atoms with Crippen LogP contribution < -0.4 is 5.32 Å². The molecule has 1 aliphatic carbocycles. The van der Waals surface area contributed by atoms with E-state index in [4.69, 9.17) is 0 Å². The Bertz CT molecular complexity index is 175. The zero-order chi connectivity index (χ0) is 9.97. The van der Waals surface area contributed by atoms with E-state index in [9.17, 15) is 0 Å². The Kier molecular flexibility index (Phi) is 3.45. The minimum Gasteiger partial charge on any atom is -0.311 e. The Labute approximate surface area is 88.1 Å². The van der Waals surface area contributed by atoms with Gasteiger partial charge < -0.3 is 10.2 Å². The van der Waals surface area contributed by atoms with Gasteiger partial charge in [-0.25, -0.2) is 0 Å². The zero-order valence-electron chi connectivity index (χ0n) is 9.63. The summed E-state index contributed by atoms with van der Waals surface area (Å²) in [7, 11) is 2.27. The number of hydrogen-bond acceptors (Lipinski definition) is 2. The molecule has 0 aromatic rings. The highest BCUT2D eigenvalue weighted by Crippen LogP contribution is 2.27. The molecule has 2 atom stereocenters. The Balaban J connectivity index is 1.85. The average Bonchev–Trinajstić information content (AvgIpc) is 2.23. The molecule has 82 valence electrons. The Morgan fingerprint density at radius 2 is 1.86 bits per heavy atom.